The summed E-state index contributed by atoms with van der Waals surface area (Å²) in [5.41, 5.74) is 1.93. The number of Topliss-reactive ketones (excluding diaryl/α,β-unsaturated/α-hetero) is 1. The van der Waals surface area contributed by atoms with Gasteiger partial charge >= 0.3 is 0 Å². The molecule has 0 spiro atoms. The number of nitrogens with zero attached hydrogens (tertiary/aromatic N) is 1. The Morgan fingerprint density at radius 3 is 2.05 bits per heavy atom. The highest BCUT2D eigenvalue weighted by molar-refractivity contribution is 7.80. The zero-order valence-corrected chi connectivity index (χ0v) is 13.8. The largest absolute Gasteiger partial charge is 0.372 e. The maximum Gasteiger partial charge on any atom is 0.163 e. The van der Waals surface area contributed by atoms with E-state index in [0.717, 1.165) is 16.1 Å². The van der Waals surface area contributed by atoms with Gasteiger partial charge in [0.05, 0.1) is 4.99 Å². The van der Waals surface area contributed by atoms with Gasteiger partial charge in [0.1, 0.15) is 0 Å². The summed E-state index contributed by atoms with van der Waals surface area (Å²) in [5.74, 6) is 0.278. The van der Waals surface area contributed by atoms with Gasteiger partial charge in [-0.2, -0.15) is 0 Å². The molecule has 0 aliphatic heterocycles. The summed E-state index contributed by atoms with van der Waals surface area (Å²) in [6, 6.07) is 19.6. The molecule has 0 saturated heterocycles. The number of hydrogen-bond donors (Lipinski definition) is 0. The summed E-state index contributed by atoms with van der Waals surface area (Å²) in [6.07, 6.45) is 1.19. The van der Waals surface area contributed by atoms with Crippen molar-refractivity contribution in [3.63, 3.8) is 0 Å². The first kappa shape index (κ1) is 16.4. The molecule has 0 bridgehead atoms. The minimum absolute atomic E-state index is 0.115. The van der Waals surface area contributed by atoms with Crippen LogP contribution in [0.5, 0.6) is 0 Å². The number of hydrogen-bond acceptors (Lipinski definition) is 2. The molecule has 1 unspecified atom stereocenters. The summed E-state index contributed by atoms with van der Waals surface area (Å²) in [7, 11) is 3.90. The minimum atomic E-state index is 0.115. The summed E-state index contributed by atoms with van der Waals surface area (Å²) in [4.78, 5) is 15.3. The second-order valence-corrected chi connectivity index (χ2v) is 6.06. The van der Waals surface area contributed by atoms with E-state index in [1.54, 1.807) is 0 Å². The highest BCUT2D eigenvalue weighted by Crippen LogP contribution is 2.26. The SMILES string of the molecule is CN(C)C(=S)CC(CC(=O)c1ccccc1)c1ccccc1. The first-order valence-electron chi connectivity index (χ1n) is 7.41. The fraction of sp³-hybridized carbons (Fsp3) is 0.263. The third kappa shape index (κ3) is 4.50. The zero-order chi connectivity index (χ0) is 15.9. The first-order chi connectivity index (χ1) is 10.6. The normalized spacial score (nSPS) is 11.7. The second-order valence-electron chi connectivity index (χ2n) is 5.59. The molecule has 0 fully saturated rings. The monoisotopic (exact) mass is 311 g/mol. The molecular weight excluding hydrogens is 290 g/mol. The van der Waals surface area contributed by atoms with Crippen LogP contribution in [0.2, 0.25) is 0 Å². The highest BCUT2D eigenvalue weighted by atomic mass is 32.1. The third-order valence-corrected chi connectivity index (χ3v) is 4.25. The molecule has 0 heterocycles. The average Bonchev–Trinajstić information content (AvgIpc) is 2.55. The first-order valence-corrected chi connectivity index (χ1v) is 7.82. The van der Waals surface area contributed by atoms with Crippen LogP contribution in [0.1, 0.15) is 34.7 Å². The number of benzene rings is 2. The van der Waals surface area contributed by atoms with Crippen LogP contribution in [-0.4, -0.2) is 29.8 Å². The summed E-state index contributed by atoms with van der Waals surface area (Å²) in [6.45, 7) is 0. The van der Waals surface area contributed by atoms with Gasteiger partial charge in [-0.1, -0.05) is 72.9 Å². The van der Waals surface area contributed by atoms with E-state index in [0.29, 0.717) is 12.8 Å². The fourth-order valence-electron chi connectivity index (χ4n) is 2.39. The van der Waals surface area contributed by atoms with Crippen molar-refractivity contribution in [3.8, 4) is 0 Å². The lowest BCUT2D eigenvalue weighted by atomic mass is 9.89. The van der Waals surface area contributed by atoms with Gasteiger partial charge in [0.15, 0.2) is 5.78 Å². The number of thiocarbonyl (C=S) groups is 1. The molecule has 0 N–H and O–H groups in total. The van der Waals surface area contributed by atoms with E-state index in [1.807, 2.05) is 67.5 Å². The quantitative estimate of drug-likeness (QED) is 0.585. The molecule has 2 rings (SSSR count). The molecule has 0 aliphatic carbocycles. The summed E-state index contributed by atoms with van der Waals surface area (Å²) >= 11 is 5.44. The van der Waals surface area contributed by atoms with Gasteiger partial charge in [0, 0.05) is 32.5 Å². The minimum Gasteiger partial charge on any atom is -0.372 e. The number of carbonyl (C=O) groups is 1. The van der Waals surface area contributed by atoms with Gasteiger partial charge in [-0.15, -0.1) is 0 Å². The van der Waals surface area contributed by atoms with Crippen LogP contribution in [0.4, 0.5) is 0 Å². The smallest absolute Gasteiger partial charge is 0.163 e. The van der Waals surface area contributed by atoms with Crippen molar-refractivity contribution in [2.45, 2.75) is 18.8 Å². The number of rotatable bonds is 6. The van der Waals surface area contributed by atoms with Crippen LogP contribution in [0.3, 0.4) is 0 Å². The van der Waals surface area contributed by atoms with Crippen LogP contribution in [0.25, 0.3) is 0 Å². The average molecular weight is 311 g/mol. The van der Waals surface area contributed by atoms with Crippen molar-refractivity contribution >= 4 is 23.0 Å². The molecule has 0 aromatic heterocycles. The Labute approximate surface area is 137 Å². The van der Waals surface area contributed by atoms with Gasteiger partial charge in [-0.05, 0) is 11.5 Å². The molecule has 0 aliphatic rings. The molecule has 22 heavy (non-hydrogen) atoms. The molecular formula is C19H21NOS. The van der Waals surface area contributed by atoms with Crippen LogP contribution in [0.15, 0.2) is 60.7 Å². The Morgan fingerprint density at radius 2 is 1.50 bits per heavy atom. The van der Waals surface area contributed by atoms with Gasteiger partial charge in [0.25, 0.3) is 0 Å². The van der Waals surface area contributed by atoms with Crippen LogP contribution >= 0.6 is 12.2 Å². The summed E-state index contributed by atoms with van der Waals surface area (Å²) in [5, 5.41) is 0. The standard InChI is InChI=1S/C19H21NOS/c1-20(2)19(22)14-17(15-9-5-3-6-10-15)13-18(21)16-11-7-4-8-12-16/h3-12,17H,13-14H2,1-2H3. The van der Waals surface area contributed by atoms with Gasteiger partial charge in [0.2, 0.25) is 0 Å². The Morgan fingerprint density at radius 1 is 0.955 bits per heavy atom. The van der Waals surface area contributed by atoms with E-state index in [9.17, 15) is 4.79 Å². The van der Waals surface area contributed by atoms with Gasteiger partial charge < -0.3 is 4.90 Å². The van der Waals surface area contributed by atoms with Crippen LogP contribution < -0.4 is 0 Å². The maximum absolute atomic E-state index is 12.5. The number of ketones is 1. The Hall–Kier alpha value is -2.00. The third-order valence-electron chi connectivity index (χ3n) is 3.72. The van der Waals surface area contributed by atoms with E-state index in [1.165, 1.54) is 0 Å². The van der Waals surface area contributed by atoms with Crippen molar-refractivity contribution < 1.29 is 4.79 Å². The lowest BCUT2D eigenvalue weighted by Gasteiger charge is -2.21. The lowest BCUT2D eigenvalue weighted by molar-refractivity contribution is 0.0974. The topological polar surface area (TPSA) is 20.3 Å². The predicted molar refractivity (Wildman–Crippen MR) is 95.5 cm³/mol. The molecule has 2 aromatic rings. The fourth-order valence-corrected chi connectivity index (χ4v) is 2.59. The Bertz CT molecular complexity index is 622. The van der Waals surface area contributed by atoms with Crippen molar-refractivity contribution in [2.75, 3.05) is 14.1 Å². The van der Waals surface area contributed by atoms with Crippen molar-refractivity contribution in [2.24, 2.45) is 0 Å². The molecule has 0 saturated carbocycles. The maximum atomic E-state index is 12.5. The molecule has 0 amide bonds. The second kappa shape index (κ2) is 7.85. The molecule has 2 aromatic carbocycles. The van der Waals surface area contributed by atoms with Crippen LogP contribution in [0, 0.1) is 0 Å². The van der Waals surface area contributed by atoms with E-state index >= 15 is 0 Å². The predicted octanol–water partition coefficient (Wildman–Crippen LogP) is 4.32. The highest BCUT2D eigenvalue weighted by Gasteiger charge is 2.19. The Kier molecular flexibility index (Phi) is 5.84. The van der Waals surface area contributed by atoms with Gasteiger partial charge in [-0.25, -0.2) is 0 Å². The van der Waals surface area contributed by atoms with Crippen molar-refractivity contribution in [1.82, 2.24) is 4.90 Å². The molecule has 0 radical (unpaired) electrons. The van der Waals surface area contributed by atoms with E-state index in [2.05, 4.69) is 12.1 Å². The summed E-state index contributed by atoms with van der Waals surface area (Å²) < 4.78 is 0. The Balaban J connectivity index is 2.18. The van der Waals surface area contributed by atoms with E-state index < -0.39 is 0 Å². The molecule has 1 atom stereocenters. The van der Waals surface area contributed by atoms with Gasteiger partial charge in [-0.3, -0.25) is 4.79 Å². The molecule has 3 heteroatoms. The lowest BCUT2D eigenvalue weighted by Crippen LogP contribution is -2.23. The van der Waals surface area contributed by atoms with Crippen molar-refractivity contribution in [3.05, 3.63) is 71.8 Å². The molecule has 114 valence electrons. The van der Waals surface area contributed by atoms with Crippen molar-refractivity contribution in [1.29, 1.82) is 0 Å². The zero-order valence-electron chi connectivity index (χ0n) is 13.0. The van der Waals surface area contributed by atoms with E-state index in [-0.39, 0.29) is 11.7 Å². The van der Waals surface area contributed by atoms with E-state index in [4.69, 9.17) is 12.2 Å². The number of carbonyl (C=O) groups excluding carboxylic acids is 1. The molecule has 2 nitrogen and oxygen atoms in total. The van der Waals surface area contributed by atoms with Crippen LogP contribution in [-0.2, 0) is 0 Å².